The number of quaternary nitrogens is 2. The van der Waals surface area contributed by atoms with Gasteiger partial charge in [-0.2, -0.15) is 0 Å². The van der Waals surface area contributed by atoms with Gasteiger partial charge in [0.2, 0.25) is 0 Å². The van der Waals surface area contributed by atoms with Gasteiger partial charge in [-0.15, -0.1) is 0 Å². The molecule has 1 rings (SSSR count). The Bertz CT molecular complexity index is 386. The van der Waals surface area contributed by atoms with Crippen molar-refractivity contribution in [3.63, 3.8) is 0 Å². The summed E-state index contributed by atoms with van der Waals surface area (Å²) in [6.45, 7) is 4.49. The molecule has 0 aromatic heterocycles. The third kappa shape index (κ3) is 7.36. The Morgan fingerprint density at radius 3 is 1.27 bits per heavy atom. The largest absolute Gasteiger partial charge is 0.396 e. The first-order valence-electron chi connectivity index (χ1n) is 8.21. The predicted octanol–water partition coefficient (Wildman–Crippen LogP) is 1.60. The van der Waals surface area contributed by atoms with Crippen molar-refractivity contribution in [2.75, 3.05) is 54.5 Å². The molecule has 4 heteroatoms. The van der Waals surface area contributed by atoms with E-state index in [0.29, 0.717) is 0 Å². The van der Waals surface area contributed by atoms with Gasteiger partial charge in [0.1, 0.15) is 13.1 Å². The van der Waals surface area contributed by atoms with Gasteiger partial charge in [-0.25, -0.2) is 0 Å². The van der Waals surface area contributed by atoms with Gasteiger partial charge < -0.3 is 19.2 Å². The highest BCUT2D eigenvalue weighted by Crippen LogP contribution is 2.14. The van der Waals surface area contributed by atoms with Crippen molar-refractivity contribution in [2.45, 2.75) is 25.9 Å². The number of benzene rings is 1. The minimum Gasteiger partial charge on any atom is -0.396 e. The minimum absolute atomic E-state index is 0.265. The lowest BCUT2D eigenvalue weighted by molar-refractivity contribution is -0.904. The van der Waals surface area contributed by atoms with Gasteiger partial charge in [0.25, 0.3) is 0 Å². The summed E-state index contributed by atoms with van der Waals surface area (Å²) in [5.41, 5.74) is 2.68. The molecule has 4 nitrogen and oxygen atoms in total. The molecule has 126 valence electrons. The smallest absolute Gasteiger partial charge is 0.104 e. The zero-order chi connectivity index (χ0) is 16.6. The first kappa shape index (κ1) is 19.1. The van der Waals surface area contributed by atoms with Crippen LogP contribution in [0.5, 0.6) is 0 Å². The number of aliphatic hydroxyl groups excluding tert-OH is 2. The monoisotopic (exact) mass is 310 g/mol. The van der Waals surface area contributed by atoms with E-state index in [9.17, 15) is 0 Å². The van der Waals surface area contributed by atoms with E-state index in [1.54, 1.807) is 0 Å². The van der Waals surface area contributed by atoms with Crippen LogP contribution >= 0.6 is 0 Å². The van der Waals surface area contributed by atoms with Crippen molar-refractivity contribution in [1.82, 2.24) is 0 Å². The van der Waals surface area contributed by atoms with Gasteiger partial charge in [0.15, 0.2) is 0 Å². The molecule has 0 aliphatic heterocycles. The van der Waals surface area contributed by atoms with Gasteiger partial charge in [0.05, 0.1) is 41.3 Å². The number of hydrogen-bond donors (Lipinski definition) is 2. The number of aliphatic hydroxyl groups is 2. The Kier molecular flexibility index (Phi) is 7.49. The molecule has 0 aliphatic carbocycles. The van der Waals surface area contributed by atoms with E-state index in [1.165, 1.54) is 11.1 Å². The predicted molar refractivity (Wildman–Crippen MR) is 91.2 cm³/mol. The van der Waals surface area contributed by atoms with Crippen LogP contribution in [-0.2, 0) is 13.1 Å². The molecule has 0 bridgehead atoms. The summed E-state index contributed by atoms with van der Waals surface area (Å²) >= 11 is 0. The SMILES string of the molecule is C[N+](C)(CCCO)Cc1ccc(C[N+](C)(C)CCCO)cc1. The highest BCUT2D eigenvalue weighted by Gasteiger charge is 2.17. The van der Waals surface area contributed by atoms with E-state index in [2.05, 4.69) is 52.5 Å². The van der Waals surface area contributed by atoms with Gasteiger partial charge in [-0.3, -0.25) is 0 Å². The fourth-order valence-electron chi connectivity index (χ4n) is 2.89. The maximum absolute atomic E-state index is 8.97. The lowest BCUT2D eigenvalue weighted by Gasteiger charge is -2.31. The van der Waals surface area contributed by atoms with Crippen LogP contribution < -0.4 is 0 Å². The van der Waals surface area contributed by atoms with Crippen molar-refractivity contribution in [3.8, 4) is 0 Å². The maximum Gasteiger partial charge on any atom is 0.104 e. The van der Waals surface area contributed by atoms with Crippen LogP contribution in [0.4, 0.5) is 0 Å². The molecule has 0 saturated heterocycles. The Morgan fingerprint density at radius 1 is 0.682 bits per heavy atom. The van der Waals surface area contributed by atoms with Crippen molar-refractivity contribution in [3.05, 3.63) is 35.4 Å². The molecule has 0 aliphatic rings. The molecule has 2 N–H and O–H groups in total. The fraction of sp³-hybridized carbons (Fsp3) is 0.667. The fourth-order valence-corrected chi connectivity index (χ4v) is 2.89. The molecule has 1 aromatic rings. The molecule has 0 amide bonds. The van der Waals surface area contributed by atoms with E-state index in [-0.39, 0.29) is 13.2 Å². The van der Waals surface area contributed by atoms with Crippen molar-refractivity contribution in [1.29, 1.82) is 0 Å². The number of rotatable bonds is 10. The summed E-state index contributed by atoms with van der Waals surface area (Å²) in [5.74, 6) is 0. The van der Waals surface area contributed by atoms with E-state index < -0.39 is 0 Å². The lowest BCUT2D eigenvalue weighted by Crippen LogP contribution is -2.40. The zero-order valence-corrected chi connectivity index (χ0v) is 14.8. The molecule has 0 saturated carbocycles. The van der Waals surface area contributed by atoms with Crippen LogP contribution in [0.15, 0.2) is 24.3 Å². The normalized spacial score (nSPS) is 12.6. The molecule has 0 fully saturated rings. The van der Waals surface area contributed by atoms with E-state index >= 15 is 0 Å². The summed E-state index contributed by atoms with van der Waals surface area (Å²) < 4.78 is 1.80. The molecular formula is C18H34N2O2+2. The van der Waals surface area contributed by atoms with Crippen LogP contribution in [0.3, 0.4) is 0 Å². The maximum atomic E-state index is 8.97. The van der Waals surface area contributed by atoms with Crippen molar-refractivity contribution < 1.29 is 19.2 Å². The van der Waals surface area contributed by atoms with E-state index in [0.717, 1.165) is 48.0 Å². The first-order valence-corrected chi connectivity index (χ1v) is 8.21. The van der Waals surface area contributed by atoms with E-state index in [4.69, 9.17) is 10.2 Å². The Morgan fingerprint density at radius 2 is 1.00 bits per heavy atom. The Balaban J connectivity index is 2.59. The standard InChI is InChI=1S/C18H34N2O2/c1-19(2,11-5-13-21)15-17-7-9-18(10-8-17)16-20(3,4)12-6-14-22/h7-10,21-22H,5-6,11-16H2,1-4H3/q+2. The minimum atomic E-state index is 0.265. The quantitative estimate of drug-likeness (QED) is 0.645. The van der Waals surface area contributed by atoms with Gasteiger partial charge in [0, 0.05) is 37.2 Å². The topological polar surface area (TPSA) is 40.5 Å². The highest BCUT2D eigenvalue weighted by molar-refractivity contribution is 5.21. The van der Waals surface area contributed by atoms with Crippen LogP contribution in [0.1, 0.15) is 24.0 Å². The van der Waals surface area contributed by atoms with E-state index in [1.807, 2.05) is 0 Å². The molecule has 0 radical (unpaired) electrons. The molecule has 0 spiro atoms. The second-order valence-corrected chi connectivity index (χ2v) is 7.61. The third-order valence-corrected chi connectivity index (χ3v) is 4.09. The van der Waals surface area contributed by atoms with Crippen LogP contribution in [-0.4, -0.2) is 73.7 Å². The Hall–Kier alpha value is -0.940. The van der Waals surface area contributed by atoms with Crippen LogP contribution in [0, 0.1) is 0 Å². The van der Waals surface area contributed by atoms with Crippen LogP contribution in [0.25, 0.3) is 0 Å². The Labute approximate surface area is 135 Å². The summed E-state index contributed by atoms with van der Waals surface area (Å²) in [5, 5.41) is 17.9. The number of nitrogens with zero attached hydrogens (tertiary/aromatic N) is 2. The molecule has 1 aromatic carbocycles. The van der Waals surface area contributed by atoms with Crippen LogP contribution in [0.2, 0.25) is 0 Å². The summed E-state index contributed by atoms with van der Waals surface area (Å²) in [4.78, 5) is 0. The van der Waals surface area contributed by atoms with Gasteiger partial charge in [-0.1, -0.05) is 24.3 Å². The third-order valence-electron chi connectivity index (χ3n) is 4.09. The molecule has 0 unspecified atom stereocenters. The summed E-state index contributed by atoms with van der Waals surface area (Å²) in [6, 6.07) is 8.89. The molecule has 0 heterocycles. The van der Waals surface area contributed by atoms with Gasteiger partial charge in [-0.05, 0) is 0 Å². The summed E-state index contributed by atoms with van der Waals surface area (Å²) in [7, 11) is 8.83. The average molecular weight is 310 g/mol. The average Bonchev–Trinajstić information content (AvgIpc) is 2.45. The molecular weight excluding hydrogens is 276 g/mol. The second kappa shape index (κ2) is 8.63. The second-order valence-electron chi connectivity index (χ2n) is 7.61. The zero-order valence-electron chi connectivity index (χ0n) is 14.8. The van der Waals surface area contributed by atoms with Gasteiger partial charge >= 0.3 is 0 Å². The van der Waals surface area contributed by atoms with Crippen molar-refractivity contribution >= 4 is 0 Å². The molecule has 0 atom stereocenters. The van der Waals surface area contributed by atoms with Crippen molar-refractivity contribution in [2.24, 2.45) is 0 Å². The highest BCUT2D eigenvalue weighted by atomic mass is 16.3. The number of hydrogen-bond acceptors (Lipinski definition) is 2. The molecule has 22 heavy (non-hydrogen) atoms. The first-order chi connectivity index (χ1) is 10.3. The summed E-state index contributed by atoms with van der Waals surface area (Å²) in [6.07, 6.45) is 1.70. The lowest BCUT2D eigenvalue weighted by atomic mass is 10.1.